The SMILES string of the molecule is Cl.Cn1c2c(c3ccc(-n4ccc(-c5ccc(C(F)(F)F)cc5)cc4=O)nc31)CNCC2. The lowest BCUT2D eigenvalue weighted by molar-refractivity contribution is -0.137. The van der Waals surface area contributed by atoms with Crippen LogP contribution in [0.4, 0.5) is 13.2 Å². The molecule has 3 aromatic heterocycles. The number of aryl methyl sites for hydroxylation is 1. The van der Waals surface area contributed by atoms with E-state index in [0.717, 1.165) is 42.7 Å². The lowest BCUT2D eigenvalue weighted by atomic mass is 10.0. The molecule has 0 radical (unpaired) electrons. The van der Waals surface area contributed by atoms with E-state index in [1.807, 2.05) is 19.2 Å². The fourth-order valence-electron chi connectivity index (χ4n) is 4.19. The lowest BCUT2D eigenvalue weighted by Gasteiger charge is -2.14. The third kappa shape index (κ3) is 3.69. The van der Waals surface area contributed by atoms with Gasteiger partial charge in [0.2, 0.25) is 0 Å². The van der Waals surface area contributed by atoms with Gasteiger partial charge in [-0.05, 0) is 47.0 Å². The van der Waals surface area contributed by atoms with Crippen LogP contribution < -0.4 is 10.9 Å². The molecule has 1 aromatic carbocycles. The summed E-state index contributed by atoms with van der Waals surface area (Å²) in [4.78, 5) is 17.5. The number of alkyl halides is 3. The van der Waals surface area contributed by atoms with Gasteiger partial charge in [-0.3, -0.25) is 9.36 Å². The molecule has 1 aliphatic heterocycles. The minimum atomic E-state index is -4.39. The van der Waals surface area contributed by atoms with E-state index < -0.39 is 11.7 Å². The normalized spacial score (nSPS) is 13.6. The van der Waals surface area contributed by atoms with Crippen molar-refractivity contribution in [3.05, 3.63) is 81.9 Å². The molecule has 5 rings (SSSR count). The Balaban J connectivity index is 0.00000245. The van der Waals surface area contributed by atoms with Gasteiger partial charge >= 0.3 is 6.18 Å². The highest BCUT2D eigenvalue weighted by Crippen LogP contribution is 2.31. The van der Waals surface area contributed by atoms with Gasteiger partial charge in [0.15, 0.2) is 0 Å². The fraction of sp³-hybridized carbons (Fsp3) is 0.217. The Morgan fingerprint density at radius 3 is 2.47 bits per heavy atom. The van der Waals surface area contributed by atoms with E-state index in [0.29, 0.717) is 16.9 Å². The molecule has 4 heterocycles. The summed E-state index contributed by atoms with van der Waals surface area (Å²) in [5.41, 5.74) is 3.40. The average molecular weight is 461 g/mol. The van der Waals surface area contributed by atoms with Crippen molar-refractivity contribution in [2.75, 3.05) is 6.54 Å². The Kier molecular flexibility index (Phi) is 5.60. The van der Waals surface area contributed by atoms with Gasteiger partial charge in [-0.25, -0.2) is 4.98 Å². The Bertz CT molecular complexity index is 1360. The smallest absolute Gasteiger partial charge is 0.332 e. The molecule has 5 nitrogen and oxygen atoms in total. The van der Waals surface area contributed by atoms with Crippen LogP contribution in [0.1, 0.15) is 16.8 Å². The largest absolute Gasteiger partial charge is 0.416 e. The number of aromatic nitrogens is 3. The Morgan fingerprint density at radius 1 is 1.03 bits per heavy atom. The Morgan fingerprint density at radius 2 is 1.78 bits per heavy atom. The Hall–Kier alpha value is -3.10. The van der Waals surface area contributed by atoms with E-state index in [1.54, 1.807) is 12.3 Å². The van der Waals surface area contributed by atoms with Crippen LogP contribution in [0.2, 0.25) is 0 Å². The third-order valence-corrected chi connectivity index (χ3v) is 5.81. The number of pyridine rings is 2. The molecular weight excluding hydrogens is 441 g/mol. The van der Waals surface area contributed by atoms with Gasteiger partial charge < -0.3 is 9.88 Å². The molecule has 9 heteroatoms. The zero-order valence-electron chi connectivity index (χ0n) is 17.1. The van der Waals surface area contributed by atoms with Crippen LogP contribution >= 0.6 is 12.4 Å². The van der Waals surface area contributed by atoms with Crippen LogP contribution in [0.3, 0.4) is 0 Å². The molecule has 4 aromatic rings. The van der Waals surface area contributed by atoms with Gasteiger partial charge in [0.1, 0.15) is 11.5 Å². The summed E-state index contributed by atoms with van der Waals surface area (Å²) in [7, 11) is 1.99. The van der Waals surface area contributed by atoms with Gasteiger partial charge in [-0.2, -0.15) is 13.2 Å². The zero-order valence-corrected chi connectivity index (χ0v) is 17.9. The van der Waals surface area contributed by atoms with Crippen molar-refractivity contribution in [1.29, 1.82) is 0 Å². The van der Waals surface area contributed by atoms with E-state index in [4.69, 9.17) is 4.98 Å². The monoisotopic (exact) mass is 460 g/mol. The standard InChI is InChI=1S/C23H19F3N4O.ClH/c1-29-19-8-10-27-13-18(19)17-6-7-20(28-22(17)29)30-11-9-15(12-21(30)31)14-2-4-16(5-3-14)23(24,25)26;/h2-7,9,11-12,27H,8,10,13H2,1H3;1H. The second-order valence-corrected chi connectivity index (χ2v) is 7.65. The lowest BCUT2D eigenvalue weighted by Crippen LogP contribution is -2.24. The first-order chi connectivity index (χ1) is 14.8. The summed E-state index contributed by atoms with van der Waals surface area (Å²) in [6.07, 6.45) is -1.86. The summed E-state index contributed by atoms with van der Waals surface area (Å²) in [5, 5.41) is 4.45. The molecule has 1 N–H and O–H groups in total. The van der Waals surface area contributed by atoms with E-state index in [-0.39, 0.29) is 18.0 Å². The maximum absolute atomic E-state index is 12.8. The second kappa shape index (κ2) is 8.11. The zero-order chi connectivity index (χ0) is 21.8. The average Bonchev–Trinajstić information content (AvgIpc) is 3.05. The predicted molar refractivity (Wildman–Crippen MR) is 119 cm³/mol. The van der Waals surface area contributed by atoms with Crippen molar-refractivity contribution in [3.63, 3.8) is 0 Å². The van der Waals surface area contributed by atoms with Gasteiger partial charge in [0.05, 0.1) is 5.56 Å². The van der Waals surface area contributed by atoms with Crippen molar-refractivity contribution in [2.45, 2.75) is 19.1 Å². The number of benzene rings is 1. The van der Waals surface area contributed by atoms with Gasteiger partial charge in [-0.15, -0.1) is 12.4 Å². The van der Waals surface area contributed by atoms with Crippen molar-refractivity contribution in [1.82, 2.24) is 19.4 Å². The van der Waals surface area contributed by atoms with Crippen LogP contribution in [0, 0.1) is 0 Å². The molecule has 0 amide bonds. The molecule has 0 unspecified atom stereocenters. The highest BCUT2D eigenvalue weighted by molar-refractivity contribution is 5.85. The molecule has 1 aliphatic rings. The Labute approximate surface area is 187 Å². The summed E-state index contributed by atoms with van der Waals surface area (Å²) in [6.45, 7) is 1.73. The number of halogens is 4. The first kappa shape index (κ1) is 22.1. The number of hydrogen-bond donors (Lipinski definition) is 1. The molecule has 0 spiro atoms. The van der Waals surface area contributed by atoms with E-state index in [9.17, 15) is 18.0 Å². The van der Waals surface area contributed by atoms with Crippen LogP contribution in [-0.2, 0) is 26.2 Å². The molecule has 0 saturated carbocycles. The van der Waals surface area contributed by atoms with Gasteiger partial charge in [0.25, 0.3) is 5.56 Å². The summed E-state index contributed by atoms with van der Waals surface area (Å²) < 4.78 is 41.8. The number of nitrogens with zero attached hydrogens (tertiary/aromatic N) is 3. The van der Waals surface area contributed by atoms with E-state index in [1.165, 1.54) is 34.0 Å². The number of nitrogens with one attached hydrogen (secondary N) is 1. The van der Waals surface area contributed by atoms with Crippen LogP contribution in [0.25, 0.3) is 28.0 Å². The topological polar surface area (TPSA) is 51.9 Å². The first-order valence-electron chi connectivity index (χ1n) is 9.91. The summed E-state index contributed by atoms with van der Waals surface area (Å²) >= 11 is 0. The van der Waals surface area contributed by atoms with E-state index in [2.05, 4.69) is 9.88 Å². The summed E-state index contributed by atoms with van der Waals surface area (Å²) in [5.74, 6) is 0.502. The fourth-order valence-corrected chi connectivity index (χ4v) is 4.19. The van der Waals surface area contributed by atoms with Crippen LogP contribution in [0.5, 0.6) is 0 Å². The van der Waals surface area contributed by atoms with Crippen molar-refractivity contribution < 1.29 is 13.2 Å². The maximum atomic E-state index is 12.8. The molecule has 32 heavy (non-hydrogen) atoms. The second-order valence-electron chi connectivity index (χ2n) is 7.65. The van der Waals surface area contributed by atoms with E-state index >= 15 is 0 Å². The van der Waals surface area contributed by atoms with Crippen LogP contribution in [-0.4, -0.2) is 20.7 Å². The molecule has 0 saturated heterocycles. The van der Waals surface area contributed by atoms with Crippen LogP contribution in [0.15, 0.2) is 59.5 Å². The molecule has 0 bridgehead atoms. The molecule has 0 atom stereocenters. The first-order valence-corrected chi connectivity index (χ1v) is 9.91. The molecule has 0 fully saturated rings. The minimum Gasteiger partial charge on any atom is -0.332 e. The maximum Gasteiger partial charge on any atom is 0.416 e. The van der Waals surface area contributed by atoms with Crippen molar-refractivity contribution in [3.8, 4) is 16.9 Å². The predicted octanol–water partition coefficient (Wildman–Crippen LogP) is 4.48. The van der Waals surface area contributed by atoms with Crippen molar-refractivity contribution >= 4 is 23.4 Å². The highest BCUT2D eigenvalue weighted by Gasteiger charge is 2.30. The minimum absolute atomic E-state index is 0. The van der Waals surface area contributed by atoms with Gasteiger partial charge in [-0.1, -0.05) is 12.1 Å². The molecular formula is C23H20ClF3N4O. The number of rotatable bonds is 2. The highest BCUT2D eigenvalue weighted by atomic mass is 35.5. The quantitative estimate of drug-likeness (QED) is 0.480. The third-order valence-electron chi connectivity index (χ3n) is 5.81. The number of fused-ring (bicyclic) bond motifs is 3. The molecule has 166 valence electrons. The number of hydrogen-bond acceptors (Lipinski definition) is 3. The molecule has 0 aliphatic carbocycles. The van der Waals surface area contributed by atoms with Crippen molar-refractivity contribution in [2.24, 2.45) is 7.05 Å². The van der Waals surface area contributed by atoms with Gasteiger partial charge in [0, 0.05) is 49.9 Å². The summed E-state index contributed by atoms with van der Waals surface area (Å²) in [6, 6.07) is 11.7.